The van der Waals surface area contributed by atoms with Crippen LogP contribution in [-0.2, 0) is 4.74 Å². The summed E-state index contributed by atoms with van der Waals surface area (Å²) < 4.78 is 5.38. The van der Waals surface area contributed by atoms with Crippen LogP contribution in [0.2, 0.25) is 0 Å². The Morgan fingerprint density at radius 1 is 1.38 bits per heavy atom. The lowest BCUT2D eigenvalue weighted by Gasteiger charge is -2.30. The van der Waals surface area contributed by atoms with Crippen LogP contribution >= 0.6 is 0 Å². The van der Waals surface area contributed by atoms with E-state index in [0.29, 0.717) is 12.0 Å². The average Bonchev–Trinajstić information content (AvgIpc) is 2.99. The molecule has 0 spiro atoms. The Morgan fingerprint density at radius 3 is 2.69 bits per heavy atom. The van der Waals surface area contributed by atoms with Gasteiger partial charge in [-0.3, -0.25) is 0 Å². The van der Waals surface area contributed by atoms with Gasteiger partial charge in [-0.1, -0.05) is 6.42 Å². The minimum absolute atomic E-state index is 0.0667. The molecule has 2 aliphatic rings. The van der Waals surface area contributed by atoms with Crippen LogP contribution in [0.15, 0.2) is 0 Å². The Morgan fingerprint density at radius 2 is 2.15 bits per heavy atom. The lowest BCUT2D eigenvalue weighted by Crippen LogP contribution is -2.27. The largest absolute Gasteiger partial charge is 0.381 e. The fourth-order valence-electron chi connectivity index (χ4n) is 2.61. The van der Waals surface area contributed by atoms with E-state index in [1.54, 1.807) is 7.11 Å². The minimum Gasteiger partial charge on any atom is -0.381 e. The molecule has 2 rings (SSSR count). The number of ether oxygens (including phenoxy) is 1. The first kappa shape index (κ1) is 9.02. The van der Waals surface area contributed by atoms with Crippen molar-refractivity contribution in [3.05, 3.63) is 0 Å². The van der Waals surface area contributed by atoms with E-state index >= 15 is 0 Å². The van der Waals surface area contributed by atoms with Crippen LogP contribution in [0.25, 0.3) is 0 Å². The van der Waals surface area contributed by atoms with Crippen molar-refractivity contribution in [3.8, 4) is 6.07 Å². The average molecular weight is 179 g/mol. The predicted molar refractivity (Wildman–Crippen MR) is 50.0 cm³/mol. The maximum atomic E-state index is 9.08. The second kappa shape index (κ2) is 3.31. The van der Waals surface area contributed by atoms with E-state index in [1.165, 1.54) is 19.3 Å². The van der Waals surface area contributed by atoms with Gasteiger partial charge in [0.05, 0.1) is 17.6 Å². The molecule has 0 aromatic carbocycles. The van der Waals surface area contributed by atoms with Gasteiger partial charge in [0, 0.05) is 7.11 Å². The molecule has 2 atom stereocenters. The van der Waals surface area contributed by atoms with Crippen LogP contribution < -0.4 is 0 Å². The predicted octanol–water partition coefficient (Wildman–Crippen LogP) is 2.50. The Labute approximate surface area is 79.9 Å². The fourth-order valence-corrected chi connectivity index (χ4v) is 2.61. The molecule has 72 valence electrons. The Bertz CT molecular complexity index is 227. The third kappa shape index (κ3) is 1.58. The molecular weight excluding hydrogens is 162 g/mol. The molecule has 0 aromatic heterocycles. The first-order valence-corrected chi connectivity index (χ1v) is 5.25. The molecule has 0 saturated heterocycles. The van der Waals surface area contributed by atoms with Crippen LogP contribution in [0.4, 0.5) is 0 Å². The van der Waals surface area contributed by atoms with E-state index in [0.717, 1.165) is 19.3 Å². The summed E-state index contributed by atoms with van der Waals surface area (Å²) in [5, 5.41) is 9.08. The molecule has 0 aliphatic heterocycles. The van der Waals surface area contributed by atoms with Gasteiger partial charge in [-0.05, 0) is 38.0 Å². The van der Waals surface area contributed by atoms with Gasteiger partial charge >= 0.3 is 0 Å². The number of rotatable bonds is 2. The monoisotopic (exact) mass is 179 g/mol. The summed E-state index contributed by atoms with van der Waals surface area (Å²) in [5.74, 6) is 0.621. The molecule has 2 unspecified atom stereocenters. The Hall–Kier alpha value is -0.550. The summed E-state index contributed by atoms with van der Waals surface area (Å²) >= 11 is 0. The van der Waals surface area contributed by atoms with E-state index in [4.69, 9.17) is 10.00 Å². The lowest BCUT2D eigenvalue weighted by molar-refractivity contribution is 0.0397. The summed E-state index contributed by atoms with van der Waals surface area (Å²) in [7, 11) is 1.79. The highest BCUT2D eigenvalue weighted by atomic mass is 16.5. The standard InChI is InChI=1S/C11H17NO/c1-13-10-4-2-3-9(7-10)11(8-12)5-6-11/h9-10H,2-7H2,1H3. The van der Waals surface area contributed by atoms with Crippen LogP contribution in [0.3, 0.4) is 0 Å². The van der Waals surface area contributed by atoms with Crippen molar-refractivity contribution in [3.63, 3.8) is 0 Å². The normalized spacial score (nSPS) is 36.6. The van der Waals surface area contributed by atoms with E-state index in [2.05, 4.69) is 6.07 Å². The molecule has 2 saturated carbocycles. The Balaban J connectivity index is 1.97. The van der Waals surface area contributed by atoms with Crippen molar-refractivity contribution >= 4 is 0 Å². The van der Waals surface area contributed by atoms with Crippen molar-refractivity contribution in [1.29, 1.82) is 5.26 Å². The third-order valence-corrected chi connectivity index (χ3v) is 3.75. The zero-order valence-electron chi connectivity index (χ0n) is 8.25. The van der Waals surface area contributed by atoms with E-state index in [1.807, 2.05) is 0 Å². The highest BCUT2D eigenvalue weighted by Gasteiger charge is 2.50. The molecule has 2 heteroatoms. The number of methoxy groups -OCH3 is 1. The molecule has 0 bridgehead atoms. The summed E-state index contributed by atoms with van der Waals surface area (Å²) in [4.78, 5) is 0. The maximum Gasteiger partial charge on any atom is 0.0692 e. The summed E-state index contributed by atoms with van der Waals surface area (Å²) in [5.41, 5.74) is 0.0667. The number of hydrogen-bond acceptors (Lipinski definition) is 2. The first-order chi connectivity index (χ1) is 6.30. The van der Waals surface area contributed by atoms with Gasteiger partial charge in [0.15, 0.2) is 0 Å². The second-order valence-corrected chi connectivity index (χ2v) is 4.49. The molecule has 2 aliphatic carbocycles. The summed E-state index contributed by atoms with van der Waals surface area (Å²) in [6.45, 7) is 0. The molecule has 13 heavy (non-hydrogen) atoms. The molecule has 0 aromatic rings. The second-order valence-electron chi connectivity index (χ2n) is 4.49. The Kier molecular flexibility index (Phi) is 2.29. The van der Waals surface area contributed by atoms with Crippen molar-refractivity contribution < 1.29 is 4.74 Å². The van der Waals surface area contributed by atoms with Crippen molar-refractivity contribution in [1.82, 2.24) is 0 Å². The zero-order chi connectivity index (χ0) is 9.31. The van der Waals surface area contributed by atoms with Crippen LogP contribution in [-0.4, -0.2) is 13.2 Å². The van der Waals surface area contributed by atoms with Gasteiger partial charge in [0.1, 0.15) is 0 Å². The molecule has 0 heterocycles. The third-order valence-electron chi connectivity index (χ3n) is 3.75. The molecular formula is C11H17NO. The lowest BCUT2D eigenvalue weighted by atomic mass is 9.77. The topological polar surface area (TPSA) is 33.0 Å². The molecule has 0 radical (unpaired) electrons. The van der Waals surface area contributed by atoms with Crippen LogP contribution in [0, 0.1) is 22.7 Å². The van der Waals surface area contributed by atoms with Crippen molar-refractivity contribution in [2.24, 2.45) is 11.3 Å². The molecule has 0 N–H and O–H groups in total. The van der Waals surface area contributed by atoms with Gasteiger partial charge in [-0.2, -0.15) is 5.26 Å². The SMILES string of the molecule is COC1CCCC(C2(C#N)CC2)C1. The van der Waals surface area contributed by atoms with Gasteiger partial charge < -0.3 is 4.74 Å². The van der Waals surface area contributed by atoms with Crippen LogP contribution in [0.5, 0.6) is 0 Å². The van der Waals surface area contributed by atoms with E-state index < -0.39 is 0 Å². The highest BCUT2D eigenvalue weighted by Crippen LogP contribution is 2.55. The van der Waals surface area contributed by atoms with E-state index in [9.17, 15) is 0 Å². The van der Waals surface area contributed by atoms with Gasteiger partial charge in [0.25, 0.3) is 0 Å². The fraction of sp³-hybridized carbons (Fsp3) is 0.909. The summed E-state index contributed by atoms with van der Waals surface area (Å²) in [6, 6.07) is 2.51. The van der Waals surface area contributed by atoms with Crippen molar-refractivity contribution in [2.75, 3.05) is 7.11 Å². The molecule has 0 amide bonds. The van der Waals surface area contributed by atoms with Crippen molar-refractivity contribution in [2.45, 2.75) is 44.6 Å². The minimum atomic E-state index is 0.0667. The quantitative estimate of drug-likeness (QED) is 0.652. The van der Waals surface area contributed by atoms with E-state index in [-0.39, 0.29) is 5.41 Å². The maximum absolute atomic E-state index is 9.08. The van der Waals surface area contributed by atoms with Gasteiger partial charge in [-0.15, -0.1) is 0 Å². The first-order valence-electron chi connectivity index (χ1n) is 5.25. The number of nitrogens with zero attached hydrogens (tertiary/aromatic N) is 1. The van der Waals surface area contributed by atoms with Gasteiger partial charge in [-0.25, -0.2) is 0 Å². The summed E-state index contributed by atoms with van der Waals surface area (Å²) in [6.07, 6.45) is 7.47. The highest BCUT2D eigenvalue weighted by molar-refractivity contribution is 5.13. The zero-order valence-corrected chi connectivity index (χ0v) is 8.25. The molecule has 2 nitrogen and oxygen atoms in total. The van der Waals surface area contributed by atoms with Crippen LogP contribution in [0.1, 0.15) is 38.5 Å². The molecule has 2 fully saturated rings. The number of nitriles is 1. The smallest absolute Gasteiger partial charge is 0.0692 e. The van der Waals surface area contributed by atoms with Gasteiger partial charge in [0.2, 0.25) is 0 Å². The number of hydrogen-bond donors (Lipinski definition) is 0.